The number of methoxy groups -OCH3 is 2. The van der Waals surface area contributed by atoms with Gasteiger partial charge in [-0.2, -0.15) is 12.5 Å². The van der Waals surface area contributed by atoms with E-state index >= 15 is 0 Å². The molecular weight excluding hydrogens is 522 g/mol. The van der Waals surface area contributed by atoms with Gasteiger partial charge >= 0.3 is 0 Å². The highest BCUT2D eigenvalue weighted by Crippen LogP contribution is 2.45. The largest absolute Gasteiger partial charge is 0.497 e. The van der Waals surface area contributed by atoms with Crippen LogP contribution >= 0.6 is 0 Å². The third-order valence-corrected chi connectivity index (χ3v) is 9.80. The molecule has 0 bridgehead atoms. The van der Waals surface area contributed by atoms with Crippen LogP contribution in [0.5, 0.6) is 11.5 Å². The molecule has 3 aromatic carbocycles. The van der Waals surface area contributed by atoms with Gasteiger partial charge in [-0.15, -0.1) is 5.10 Å². The second-order valence-corrected chi connectivity index (χ2v) is 12.3. The fourth-order valence-electron chi connectivity index (χ4n) is 5.53. The third-order valence-electron chi connectivity index (χ3n) is 8.17. The summed E-state index contributed by atoms with van der Waals surface area (Å²) in [6, 6.07) is 23.2. The standard InChI is InChI=1S/C32H33N3O4S/c1-22-7-17-28(18-8-22)40(36,37)35-30-21-32(23-9-13-26(38-2)14-10-23,24-11-15-27(39-3)16-12-24)20-19-29(30)31(34-35)33-25-5-4-6-25/h7-20,25H,4-6,21H2,1-3H3,(H,33,34). The van der Waals surface area contributed by atoms with Crippen molar-refractivity contribution in [1.82, 2.24) is 9.19 Å². The molecule has 6 rings (SSSR count). The molecule has 0 unspecified atom stereocenters. The predicted octanol–water partition coefficient (Wildman–Crippen LogP) is 5.97. The van der Waals surface area contributed by atoms with Crippen LogP contribution in [0.3, 0.4) is 0 Å². The molecule has 0 amide bonds. The Morgan fingerprint density at radius 2 is 1.45 bits per heavy atom. The lowest BCUT2D eigenvalue weighted by molar-refractivity contribution is 0.414. The van der Waals surface area contributed by atoms with E-state index in [0.29, 0.717) is 24.0 Å². The van der Waals surface area contributed by atoms with Gasteiger partial charge in [0.05, 0.1) is 24.8 Å². The maximum atomic E-state index is 14.1. The van der Waals surface area contributed by atoms with Crippen molar-refractivity contribution < 1.29 is 17.9 Å². The van der Waals surface area contributed by atoms with Gasteiger partial charge in [0.15, 0.2) is 5.82 Å². The van der Waals surface area contributed by atoms with E-state index < -0.39 is 15.4 Å². The number of aromatic nitrogens is 2. The van der Waals surface area contributed by atoms with Gasteiger partial charge in [-0.1, -0.05) is 54.1 Å². The molecule has 2 aliphatic carbocycles. The Balaban J connectivity index is 1.53. The lowest BCUT2D eigenvalue weighted by Crippen LogP contribution is -2.32. The summed E-state index contributed by atoms with van der Waals surface area (Å²) in [4.78, 5) is 0.215. The minimum absolute atomic E-state index is 0.215. The molecular formula is C32H33N3O4S. The number of nitrogens with zero attached hydrogens (tertiary/aromatic N) is 2. The van der Waals surface area contributed by atoms with E-state index in [4.69, 9.17) is 14.6 Å². The number of aryl methyl sites for hydroxylation is 1. The van der Waals surface area contributed by atoms with Crippen LogP contribution in [-0.2, 0) is 21.9 Å². The molecule has 0 spiro atoms. The summed E-state index contributed by atoms with van der Waals surface area (Å²) in [6.45, 7) is 1.94. The first-order valence-corrected chi connectivity index (χ1v) is 15.0. The van der Waals surface area contributed by atoms with Crippen molar-refractivity contribution in [2.75, 3.05) is 19.5 Å². The van der Waals surface area contributed by atoms with Gasteiger partial charge < -0.3 is 14.8 Å². The average Bonchev–Trinajstić information content (AvgIpc) is 3.33. The third kappa shape index (κ3) is 4.46. The maximum absolute atomic E-state index is 14.1. The van der Waals surface area contributed by atoms with Crippen molar-refractivity contribution in [2.24, 2.45) is 0 Å². The van der Waals surface area contributed by atoms with Gasteiger partial charge in [0.1, 0.15) is 11.5 Å². The fourth-order valence-corrected chi connectivity index (χ4v) is 6.85. The van der Waals surface area contributed by atoms with Crippen LogP contribution in [0, 0.1) is 6.92 Å². The van der Waals surface area contributed by atoms with Crippen molar-refractivity contribution in [3.05, 3.63) is 107 Å². The molecule has 1 N–H and O–H groups in total. The number of anilines is 1. The Kier molecular flexibility index (Phi) is 6.66. The average molecular weight is 556 g/mol. The van der Waals surface area contributed by atoms with Crippen LogP contribution in [0.1, 0.15) is 47.2 Å². The van der Waals surface area contributed by atoms with E-state index in [9.17, 15) is 8.42 Å². The number of fused-ring (bicyclic) bond motifs is 1. The summed E-state index contributed by atoms with van der Waals surface area (Å²) in [7, 11) is -0.655. The summed E-state index contributed by atoms with van der Waals surface area (Å²) >= 11 is 0. The van der Waals surface area contributed by atoms with Crippen molar-refractivity contribution in [2.45, 2.75) is 49.0 Å². The van der Waals surface area contributed by atoms with Crippen LogP contribution in [0.2, 0.25) is 0 Å². The molecule has 1 aromatic heterocycles. The van der Waals surface area contributed by atoms with Crippen molar-refractivity contribution >= 4 is 21.9 Å². The van der Waals surface area contributed by atoms with Gasteiger partial charge in [0, 0.05) is 23.4 Å². The second-order valence-electron chi connectivity index (χ2n) is 10.6. The predicted molar refractivity (Wildman–Crippen MR) is 157 cm³/mol. The lowest BCUT2D eigenvalue weighted by atomic mass is 9.68. The Bertz CT molecular complexity index is 1600. The minimum atomic E-state index is -3.95. The van der Waals surface area contributed by atoms with E-state index in [0.717, 1.165) is 53.0 Å². The normalized spacial score (nSPS) is 16.2. The maximum Gasteiger partial charge on any atom is 0.283 e. The number of rotatable bonds is 8. The number of nitrogens with one attached hydrogen (secondary N) is 1. The summed E-state index contributed by atoms with van der Waals surface area (Å²) in [5.74, 6) is 2.13. The Morgan fingerprint density at radius 3 is 1.95 bits per heavy atom. The number of hydrogen-bond acceptors (Lipinski definition) is 6. The minimum Gasteiger partial charge on any atom is -0.497 e. The monoisotopic (exact) mass is 555 g/mol. The van der Waals surface area contributed by atoms with Gasteiger partial charge in [0.25, 0.3) is 10.0 Å². The summed E-state index contributed by atoms with van der Waals surface area (Å²) < 4.78 is 40.2. The van der Waals surface area contributed by atoms with E-state index in [-0.39, 0.29) is 4.90 Å². The first-order valence-electron chi connectivity index (χ1n) is 13.5. The van der Waals surface area contributed by atoms with E-state index in [1.54, 1.807) is 26.4 Å². The Hall–Kier alpha value is -4.04. The van der Waals surface area contributed by atoms with E-state index in [1.807, 2.05) is 73.7 Å². The highest BCUT2D eigenvalue weighted by molar-refractivity contribution is 7.89. The van der Waals surface area contributed by atoms with E-state index in [1.165, 1.54) is 4.09 Å². The van der Waals surface area contributed by atoms with E-state index in [2.05, 4.69) is 11.4 Å². The number of hydrogen-bond donors (Lipinski definition) is 1. The van der Waals surface area contributed by atoms with Crippen LogP contribution in [-0.4, -0.2) is 37.9 Å². The zero-order valence-corrected chi connectivity index (χ0v) is 23.7. The summed E-state index contributed by atoms with van der Waals surface area (Å²) in [6.07, 6.45) is 7.88. The molecule has 1 heterocycles. The second kappa shape index (κ2) is 10.2. The van der Waals surface area contributed by atoms with Gasteiger partial charge in [0.2, 0.25) is 0 Å². The molecule has 1 fully saturated rings. The molecule has 40 heavy (non-hydrogen) atoms. The molecule has 2 aliphatic rings. The SMILES string of the molecule is COc1ccc(C2(c3ccc(OC)cc3)C=Cc3c(NC4CCC4)nn(S(=O)(=O)c4ccc(C)cc4)c3C2)cc1. The molecule has 4 aromatic rings. The molecule has 1 saturated carbocycles. The smallest absolute Gasteiger partial charge is 0.283 e. The van der Waals surface area contributed by atoms with Crippen LogP contribution in [0.4, 0.5) is 5.82 Å². The van der Waals surface area contributed by atoms with Crippen LogP contribution in [0.25, 0.3) is 6.08 Å². The van der Waals surface area contributed by atoms with Crippen molar-refractivity contribution in [3.63, 3.8) is 0 Å². The molecule has 0 atom stereocenters. The highest BCUT2D eigenvalue weighted by Gasteiger charge is 2.40. The van der Waals surface area contributed by atoms with Gasteiger partial charge in [-0.25, -0.2) is 0 Å². The Morgan fingerprint density at radius 1 is 0.875 bits per heavy atom. The fraction of sp³-hybridized carbons (Fsp3) is 0.281. The number of ether oxygens (including phenoxy) is 2. The lowest BCUT2D eigenvalue weighted by Gasteiger charge is -2.35. The summed E-state index contributed by atoms with van der Waals surface area (Å²) in [5, 5.41) is 8.23. The molecule has 7 nitrogen and oxygen atoms in total. The van der Waals surface area contributed by atoms with Gasteiger partial charge in [-0.3, -0.25) is 0 Å². The zero-order chi connectivity index (χ0) is 27.9. The van der Waals surface area contributed by atoms with Crippen LogP contribution < -0.4 is 14.8 Å². The summed E-state index contributed by atoms with van der Waals surface area (Å²) in [5.41, 5.74) is 3.87. The first kappa shape index (κ1) is 26.2. The van der Waals surface area contributed by atoms with Crippen LogP contribution in [0.15, 0.2) is 83.8 Å². The molecule has 8 heteroatoms. The first-order chi connectivity index (χ1) is 19.3. The molecule has 206 valence electrons. The van der Waals surface area contributed by atoms with Crippen molar-refractivity contribution in [1.29, 1.82) is 0 Å². The topological polar surface area (TPSA) is 82.4 Å². The molecule has 0 aliphatic heterocycles. The van der Waals surface area contributed by atoms with Gasteiger partial charge in [-0.05, 0) is 73.7 Å². The number of allylic oxidation sites excluding steroid dienone is 1. The Labute approximate surface area is 235 Å². The quantitative estimate of drug-likeness (QED) is 0.289. The highest BCUT2D eigenvalue weighted by atomic mass is 32.2. The van der Waals surface area contributed by atoms with Crippen molar-refractivity contribution in [3.8, 4) is 11.5 Å². The molecule has 0 saturated heterocycles. The molecule has 0 radical (unpaired) electrons. The zero-order valence-electron chi connectivity index (χ0n) is 22.9. The number of benzene rings is 3.